The molecule has 5 heteroatoms. The zero-order chi connectivity index (χ0) is 17.6. The van der Waals surface area contributed by atoms with E-state index >= 15 is 0 Å². The summed E-state index contributed by atoms with van der Waals surface area (Å²) in [7, 11) is 0. The van der Waals surface area contributed by atoms with Crippen LogP contribution in [-0.4, -0.2) is 37.0 Å². The molecule has 0 spiro atoms. The van der Waals surface area contributed by atoms with E-state index in [0.717, 1.165) is 30.9 Å². The number of nitrogens with zero attached hydrogens (tertiary/aromatic N) is 1. The third-order valence-corrected chi connectivity index (χ3v) is 4.68. The van der Waals surface area contributed by atoms with E-state index in [4.69, 9.17) is 10.5 Å². The van der Waals surface area contributed by atoms with Gasteiger partial charge in [-0.1, -0.05) is 42.5 Å². The molecule has 2 atom stereocenters. The first-order chi connectivity index (χ1) is 12.1. The van der Waals surface area contributed by atoms with Crippen LogP contribution in [0.15, 0.2) is 54.6 Å². The summed E-state index contributed by atoms with van der Waals surface area (Å²) in [6.07, 6.45) is 0.0603. The van der Waals surface area contributed by atoms with Gasteiger partial charge >= 0.3 is 0 Å². The van der Waals surface area contributed by atoms with Gasteiger partial charge in [0, 0.05) is 24.8 Å². The lowest BCUT2D eigenvalue weighted by Crippen LogP contribution is -2.39. The fraction of sp³-hybridized carbons (Fsp3) is 0.350. The van der Waals surface area contributed by atoms with Gasteiger partial charge in [-0.25, -0.2) is 0 Å². The summed E-state index contributed by atoms with van der Waals surface area (Å²) in [5.41, 5.74) is 8.51. The Morgan fingerprint density at radius 1 is 1.24 bits per heavy atom. The third-order valence-electron chi connectivity index (χ3n) is 4.68. The number of amides is 1. The molecule has 1 amide bonds. The molecule has 5 nitrogen and oxygen atoms in total. The Hall–Kier alpha value is -2.37. The first-order valence-electron chi connectivity index (χ1n) is 8.66. The molecule has 1 aliphatic heterocycles. The number of primary amides is 1. The minimum Gasteiger partial charge on any atom is -0.376 e. The monoisotopic (exact) mass is 339 g/mol. The average Bonchev–Trinajstić information content (AvgIpc) is 2.67. The molecule has 132 valence electrons. The van der Waals surface area contributed by atoms with Crippen molar-refractivity contribution in [2.75, 3.05) is 31.6 Å². The van der Waals surface area contributed by atoms with Crippen molar-refractivity contribution in [1.29, 1.82) is 0 Å². The largest absolute Gasteiger partial charge is 0.376 e. The lowest BCUT2D eigenvalue weighted by Gasteiger charge is -2.37. The van der Waals surface area contributed by atoms with E-state index in [1.165, 1.54) is 5.56 Å². The van der Waals surface area contributed by atoms with E-state index in [0.29, 0.717) is 6.04 Å². The Bertz CT molecular complexity index is 688. The average molecular weight is 339 g/mol. The molecular formula is C20H25N3O2. The number of nitrogens with one attached hydrogen (secondary N) is 1. The number of benzene rings is 2. The van der Waals surface area contributed by atoms with E-state index in [9.17, 15) is 4.79 Å². The van der Waals surface area contributed by atoms with Gasteiger partial charge in [-0.3, -0.25) is 9.69 Å². The Balaban J connectivity index is 1.64. The topological polar surface area (TPSA) is 67.6 Å². The summed E-state index contributed by atoms with van der Waals surface area (Å²) in [5.74, 6) is -0.370. The highest BCUT2D eigenvalue weighted by molar-refractivity contribution is 5.78. The van der Waals surface area contributed by atoms with E-state index in [1.54, 1.807) is 0 Å². The lowest BCUT2D eigenvalue weighted by molar-refractivity contribution is -0.116. The summed E-state index contributed by atoms with van der Waals surface area (Å²) in [5, 5.41) is 3.00. The van der Waals surface area contributed by atoms with Crippen LogP contribution in [0.2, 0.25) is 0 Å². The highest BCUT2D eigenvalue weighted by Crippen LogP contribution is 2.29. The second kappa shape index (κ2) is 8.14. The van der Waals surface area contributed by atoms with Crippen LogP contribution in [0.4, 0.5) is 5.69 Å². The van der Waals surface area contributed by atoms with Gasteiger partial charge in [0.15, 0.2) is 0 Å². The minimum absolute atomic E-state index is 0.0603. The van der Waals surface area contributed by atoms with Crippen molar-refractivity contribution in [3.05, 3.63) is 65.7 Å². The van der Waals surface area contributed by atoms with Crippen LogP contribution >= 0.6 is 0 Å². The van der Waals surface area contributed by atoms with Crippen LogP contribution in [0.3, 0.4) is 0 Å². The maximum absolute atomic E-state index is 10.8. The van der Waals surface area contributed by atoms with Crippen LogP contribution in [0.1, 0.15) is 30.2 Å². The van der Waals surface area contributed by atoms with Crippen LogP contribution in [-0.2, 0) is 9.53 Å². The van der Waals surface area contributed by atoms with Gasteiger partial charge in [-0.2, -0.15) is 0 Å². The smallest absolute Gasteiger partial charge is 0.236 e. The highest BCUT2D eigenvalue weighted by atomic mass is 16.5. The zero-order valence-electron chi connectivity index (χ0n) is 14.5. The Kier molecular flexibility index (Phi) is 5.68. The molecule has 2 aromatic rings. The van der Waals surface area contributed by atoms with Gasteiger partial charge in [0.2, 0.25) is 5.91 Å². The first kappa shape index (κ1) is 17.5. The Labute approximate surface area is 148 Å². The number of nitrogens with two attached hydrogens (primary N) is 1. The van der Waals surface area contributed by atoms with Gasteiger partial charge in [-0.05, 0) is 30.2 Å². The second-order valence-electron chi connectivity index (χ2n) is 6.38. The van der Waals surface area contributed by atoms with Crippen molar-refractivity contribution in [3.63, 3.8) is 0 Å². The molecular weight excluding hydrogens is 314 g/mol. The van der Waals surface area contributed by atoms with Gasteiger partial charge < -0.3 is 15.8 Å². The van der Waals surface area contributed by atoms with Gasteiger partial charge in [0.25, 0.3) is 0 Å². The Morgan fingerprint density at radius 3 is 2.64 bits per heavy atom. The van der Waals surface area contributed by atoms with E-state index in [2.05, 4.69) is 41.4 Å². The quantitative estimate of drug-likeness (QED) is 0.849. The summed E-state index contributed by atoms with van der Waals surface area (Å²) in [6.45, 7) is 4.91. The molecule has 0 unspecified atom stereocenters. The van der Waals surface area contributed by atoms with Crippen molar-refractivity contribution in [2.45, 2.75) is 19.1 Å². The summed E-state index contributed by atoms with van der Waals surface area (Å²) in [4.78, 5) is 13.3. The first-order valence-corrected chi connectivity index (χ1v) is 8.66. The van der Waals surface area contributed by atoms with Crippen molar-refractivity contribution in [2.24, 2.45) is 5.73 Å². The predicted molar refractivity (Wildman–Crippen MR) is 99.2 cm³/mol. The number of carbonyl (C=O) groups excluding carboxylic acids is 1. The molecule has 3 N–H and O–H groups in total. The van der Waals surface area contributed by atoms with Crippen molar-refractivity contribution in [1.82, 2.24) is 4.90 Å². The molecule has 1 saturated heterocycles. The van der Waals surface area contributed by atoms with E-state index in [1.807, 2.05) is 30.3 Å². The zero-order valence-corrected chi connectivity index (χ0v) is 14.5. The molecule has 0 aromatic heterocycles. The molecule has 3 rings (SSSR count). The Morgan fingerprint density at radius 2 is 1.96 bits per heavy atom. The van der Waals surface area contributed by atoms with Crippen molar-refractivity contribution in [3.8, 4) is 0 Å². The second-order valence-corrected chi connectivity index (χ2v) is 6.38. The third kappa shape index (κ3) is 4.59. The molecule has 0 saturated carbocycles. The van der Waals surface area contributed by atoms with E-state index in [-0.39, 0.29) is 18.6 Å². The van der Waals surface area contributed by atoms with Crippen LogP contribution < -0.4 is 11.1 Å². The molecule has 25 heavy (non-hydrogen) atoms. The van der Waals surface area contributed by atoms with Crippen LogP contribution in [0.5, 0.6) is 0 Å². The summed E-state index contributed by atoms with van der Waals surface area (Å²) < 4.78 is 5.98. The molecule has 1 fully saturated rings. The standard InChI is InChI=1S/C20H25N3O2/c1-15(16-5-3-2-4-6-16)23-11-12-25-19(14-23)17-7-9-18(10-8-17)22-13-20(21)24/h2-10,15,19,22H,11-14H2,1H3,(H2,21,24)/t15-,19-/m1/s1. The molecule has 1 heterocycles. The maximum atomic E-state index is 10.8. The molecule has 0 radical (unpaired) electrons. The SMILES string of the molecule is C[C@H](c1ccccc1)N1CCO[C@@H](c2ccc(NCC(N)=O)cc2)C1. The number of morpholine rings is 1. The van der Waals surface area contributed by atoms with Crippen molar-refractivity contribution < 1.29 is 9.53 Å². The number of rotatable bonds is 6. The molecule has 0 aliphatic carbocycles. The fourth-order valence-corrected chi connectivity index (χ4v) is 3.17. The van der Waals surface area contributed by atoms with Crippen molar-refractivity contribution >= 4 is 11.6 Å². The fourth-order valence-electron chi connectivity index (χ4n) is 3.17. The molecule has 1 aliphatic rings. The summed E-state index contributed by atoms with van der Waals surface area (Å²) in [6, 6.07) is 18.9. The highest BCUT2D eigenvalue weighted by Gasteiger charge is 2.25. The number of anilines is 1. The van der Waals surface area contributed by atoms with Gasteiger partial charge in [0.1, 0.15) is 0 Å². The normalized spacial score (nSPS) is 19.3. The predicted octanol–water partition coefficient (Wildman–Crippen LogP) is 2.72. The maximum Gasteiger partial charge on any atom is 0.236 e. The van der Waals surface area contributed by atoms with Crippen LogP contribution in [0.25, 0.3) is 0 Å². The lowest BCUT2D eigenvalue weighted by atomic mass is 10.0. The number of ether oxygens (including phenoxy) is 1. The van der Waals surface area contributed by atoms with Gasteiger partial charge in [0.05, 0.1) is 19.3 Å². The number of hydrogen-bond donors (Lipinski definition) is 2. The summed E-state index contributed by atoms with van der Waals surface area (Å²) >= 11 is 0. The number of carbonyl (C=O) groups is 1. The molecule has 0 bridgehead atoms. The van der Waals surface area contributed by atoms with E-state index < -0.39 is 0 Å². The van der Waals surface area contributed by atoms with Crippen LogP contribution in [0, 0.1) is 0 Å². The molecule has 2 aromatic carbocycles. The minimum atomic E-state index is -0.370. The number of hydrogen-bond acceptors (Lipinski definition) is 4. The van der Waals surface area contributed by atoms with Gasteiger partial charge in [-0.15, -0.1) is 0 Å².